The van der Waals surface area contributed by atoms with Crippen molar-refractivity contribution in [1.82, 2.24) is 9.80 Å². The predicted molar refractivity (Wildman–Crippen MR) is 70.1 cm³/mol. The van der Waals surface area contributed by atoms with Gasteiger partial charge >= 0.3 is 0 Å². The van der Waals surface area contributed by atoms with Gasteiger partial charge in [-0.3, -0.25) is 4.90 Å². The number of likely N-dealkylation sites (tertiary alicyclic amines) is 1. The van der Waals surface area contributed by atoms with Gasteiger partial charge in [0.1, 0.15) is 0 Å². The summed E-state index contributed by atoms with van der Waals surface area (Å²) in [5.41, 5.74) is 6.46. The third-order valence-corrected chi connectivity index (χ3v) is 4.34. The molecule has 2 aliphatic heterocycles. The lowest BCUT2D eigenvalue weighted by Crippen LogP contribution is -2.53. The van der Waals surface area contributed by atoms with Crippen LogP contribution in [-0.4, -0.2) is 68.3 Å². The van der Waals surface area contributed by atoms with Crippen LogP contribution in [0.15, 0.2) is 0 Å². The van der Waals surface area contributed by atoms with E-state index in [2.05, 4.69) is 30.8 Å². The number of nitrogens with two attached hydrogens (primary N) is 1. The normalized spacial score (nSPS) is 34.4. The summed E-state index contributed by atoms with van der Waals surface area (Å²) in [5, 5.41) is 0. The summed E-state index contributed by atoms with van der Waals surface area (Å²) < 4.78 is 5.40. The lowest BCUT2D eigenvalue weighted by atomic mass is 9.91. The molecule has 2 atom stereocenters. The average Bonchev–Trinajstić information content (AvgIpc) is 2.59. The van der Waals surface area contributed by atoms with Gasteiger partial charge in [0.15, 0.2) is 0 Å². The van der Waals surface area contributed by atoms with Gasteiger partial charge in [-0.25, -0.2) is 0 Å². The highest BCUT2D eigenvalue weighted by Crippen LogP contribution is 2.25. The molecule has 2 rings (SSSR count). The molecule has 0 aromatic carbocycles. The number of hydrogen-bond acceptors (Lipinski definition) is 4. The summed E-state index contributed by atoms with van der Waals surface area (Å²) in [6, 6.07) is 0.679. The molecule has 2 heterocycles. The standard InChI is InChI=1S/C13H27N3O/c1-11-8-16(9-12(11)15(2)3)10-13(14)4-6-17-7-5-13/h11-12H,4-10,14H2,1-3H3. The van der Waals surface area contributed by atoms with Crippen molar-refractivity contribution in [3.05, 3.63) is 0 Å². The van der Waals surface area contributed by atoms with Gasteiger partial charge in [0.05, 0.1) is 0 Å². The van der Waals surface area contributed by atoms with Crippen molar-refractivity contribution in [1.29, 1.82) is 0 Å². The van der Waals surface area contributed by atoms with Crippen molar-refractivity contribution >= 4 is 0 Å². The molecule has 100 valence electrons. The van der Waals surface area contributed by atoms with Crippen molar-refractivity contribution in [3.63, 3.8) is 0 Å². The van der Waals surface area contributed by atoms with Crippen LogP contribution in [0.1, 0.15) is 19.8 Å². The molecule has 2 saturated heterocycles. The molecular weight excluding hydrogens is 214 g/mol. The van der Waals surface area contributed by atoms with Crippen LogP contribution < -0.4 is 5.73 Å². The van der Waals surface area contributed by atoms with Crippen LogP contribution in [0.25, 0.3) is 0 Å². The van der Waals surface area contributed by atoms with Gasteiger partial charge in [0, 0.05) is 44.4 Å². The fraction of sp³-hybridized carbons (Fsp3) is 1.00. The van der Waals surface area contributed by atoms with Crippen LogP contribution in [-0.2, 0) is 4.74 Å². The van der Waals surface area contributed by atoms with Crippen LogP contribution in [0, 0.1) is 5.92 Å². The zero-order valence-corrected chi connectivity index (χ0v) is 11.5. The highest BCUT2D eigenvalue weighted by molar-refractivity contribution is 4.94. The van der Waals surface area contributed by atoms with Crippen molar-refractivity contribution in [2.24, 2.45) is 11.7 Å². The fourth-order valence-electron chi connectivity index (χ4n) is 3.23. The van der Waals surface area contributed by atoms with Gasteiger partial charge < -0.3 is 15.4 Å². The van der Waals surface area contributed by atoms with Crippen molar-refractivity contribution in [2.75, 3.05) is 46.9 Å². The highest BCUT2D eigenvalue weighted by atomic mass is 16.5. The largest absolute Gasteiger partial charge is 0.381 e. The molecule has 0 radical (unpaired) electrons. The van der Waals surface area contributed by atoms with E-state index in [1.165, 1.54) is 6.54 Å². The molecule has 17 heavy (non-hydrogen) atoms. The SMILES string of the molecule is CC1CN(CC2(N)CCOCC2)CC1N(C)C. The summed E-state index contributed by atoms with van der Waals surface area (Å²) in [6.45, 7) is 7.38. The summed E-state index contributed by atoms with van der Waals surface area (Å²) in [4.78, 5) is 4.89. The first-order chi connectivity index (χ1) is 8.00. The van der Waals surface area contributed by atoms with E-state index < -0.39 is 0 Å². The number of ether oxygens (including phenoxy) is 1. The number of hydrogen-bond donors (Lipinski definition) is 1. The van der Waals surface area contributed by atoms with Gasteiger partial charge in [-0.2, -0.15) is 0 Å². The molecule has 0 aromatic rings. The van der Waals surface area contributed by atoms with Gasteiger partial charge in [0.2, 0.25) is 0 Å². The van der Waals surface area contributed by atoms with E-state index in [0.717, 1.165) is 45.1 Å². The molecule has 2 fully saturated rings. The van der Waals surface area contributed by atoms with Crippen molar-refractivity contribution < 1.29 is 4.74 Å². The van der Waals surface area contributed by atoms with Gasteiger partial charge in [-0.15, -0.1) is 0 Å². The van der Waals surface area contributed by atoms with E-state index in [9.17, 15) is 0 Å². The van der Waals surface area contributed by atoms with E-state index in [4.69, 9.17) is 10.5 Å². The minimum absolute atomic E-state index is 0.0147. The van der Waals surface area contributed by atoms with Crippen LogP contribution in [0.3, 0.4) is 0 Å². The molecule has 2 unspecified atom stereocenters. The Labute approximate surface area is 105 Å². The number of nitrogens with zero attached hydrogens (tertiary/aromatic N) is 2. The summed E-state index contributed by atoms with van der Waals surface area (Å²) in [5.74, 6) is 0.744. The Kier molecular flexibility index (Phi) is 4.08. The van der Waals surface area contributed by atoms with E-state index in [1.807, 2.05) is 0 Å². The van der Waals surface area contributed by atoms with E-state index in [-0.39, 0.29) is 5.54 Å². The van der Waals surface area contributed by atoms with Gasteiger partial charge in [-0.05, 0) is 32.9 Å². The average molecular weight is 241 g/mol. The first-order valence-corrected chi connectivity index (χ1v) is 6.76. The van der Waals surface area contributed by atoms with Crippen molar-refractivity contribution in [2.45, 2.75) is 31.3 Å². The lowest BCUT2D eigenvalue weighted by Gasteiger charge is -2.36. The quantitative estimate of drug-likeness (QED) is 0.775. The van der Waals surface area contributed by atoms with Gasteiger partial charge in [-0.1, -0.05) is 6.92 Å². The first-order valence-electron chi connectivity index (χ1n) is 6.76. The third-order valence-electron chi connectivity index (χ3n) is 4.34. The number of likely N-dealkylation sites (N-methyl/N-ethyl adjacent to an activating group) is 1. The zero-order chi connectivity index (χ0) is 12.5. The Morgan fingerprint density at radius 2 is 1.94 bits per heavy atom. The fourth-order valence-corrected chi connectivity index (χ4v) is 3.23. The highest BCUT2D eigenvalue weighted by Gasteiger charge is 2.36. The predicted octanol–water partition coefficient (Wildman–Crippen LogP) is 0.376. The minimum atomic E-state index is -0.0147. The molecule has 0 aliphatic carbocycles. The van der Waals surface area contributed by atoms with Crippen molar-refractivity contribution in [3.8, 4) is 0 Å². The topological polar surface area (TPSA) is 41.7 Å². The van der Waals surface area contributed by atoms with Crippen LogP contribution in [0.2, 0.25) is 0 Å². The molecule has 0 aromatic heterocycles. The first kappa shape index (κ1) is 13.3. The van der Waals surface area contributed by atoms with Crippen LogP contribution >= 0.6 is 0 Å². The molecule has 0 amide bonds. The third kappa shape index (κ3) is 3.19. The Morgan fingerprint density at radius 3 is 2.47 bits per heavy atom. The maximum atomic E-state index is 6.47. The zero-order valence-electron chi connectivity index (χ0n) is 11.5. The van der Waals surface area contributed by atoms with Crippen LogP contribution in [0.5, 0.6) is 0 Å². The maximum Gasteiger partial charge on any atom is 0.0484 e. The van der Waals surface area contributed by atoms with E-state index in [0.29, 0.717) is 6.04 Å². The summed E-state index contributed by atoms with van der Waals surface area (Å²) in [6.07, 6.45) is 2.01. The lowest BCUT2D eigenvalue weighted by molar-refractivity contribution is 0.0400. The summed E-state index contributed by atoms with van der Waals surface area (Å²) >= 11 is 0. The summed E-state index contributed by atoms with van der Waals surface area (Å²) in [7, 11) is 4.36. The molecule has 0 saturated carbocycles. The Hall–Kier alpha value is -0.160. The number of rotatable bonds is 3. The maximum absolute atomic E-state index is 6.47. The smallest absolute Gasteiger partial charge is 0.0484 e. The minimum Gasteiger partial charge on any atom is -0.381 e. The van der Waals surface area contributed by atoms with Crippen LogP contribution in [0.4, 0.5) is 0 Å². The van der Waals surface area contributed by atoms with Gasteiger partial charge in [0.25, 0.3) is 0 Å². The molecule has 0 bridgehead atoms. The molecule has 2 aliphatic rings. The molecule has 4 heteroatoms. The monoisotopic (exact) mass is 241 g/mol. The second kappa shape index (κ2) is 5.22. The molecule has 0 spiro atoms. The second-order valence-corrected chi connectivity index (χ2v) is 6.18. The van der Waals surface area contributed by atoms with E-state index >= 15 is 0 Å². The Bertz CT molecular complexity index is 251. The second-order valence-electron chi connectivity index (χ2n) is 6.18. The molecule has 4 nitrogen and oxygen atoms in total. The Balaban J connectivity index is 1.88. The molecule has 2 N–H and O–H groups in total. The molecular formula is C13H27N3O. The Morgan fingerprint density at radius 1 is 1.29 bits per heavy atom. The van der Waals surface area contributed by atoms with E-state index in [1.54, 1.807) is 0 Å².